The van der Waals surface area contributed by atoms with Crippen LogP contribution in [0.3, 0.4) is 0 Å². The van der Waals surface area contributed by atoms with Gasteiger partial charge in [0.25, 0.3) is 0 Å². The van der Waals surface area contributed by atoms with Crippen LogP contribution < -0.4 is 5.32 Å². The first-order chi connectivity index (χ1) is 8.63. The lowest BCUT2D eigenvalue weighted by Gasteiger charge is -2.40. The van der Waals surface area contributed by atoms with E-state index in [2.05, 4.69) is 12.2 Å². The molecule has 0 aromatic carbocycles. The summed E-state index contributed by atoms with van der Waals surface area (Å²) in [4.78, 5) is 14.3. The van der Waals surface area contributed by atoms with E-state index in [-0.39, 0.29) is 5.60 Å². The third-order valence-corrected chi connectivity index (χ3v) is 4.43. The molecule has 1 atom stereocenters. The quantitative estimate of drug-likeness (QED) is 0.828. The highest BCUT2D eigenvalue weighted by Crippen LogP contribution is 2.25. The molecule has 2 saturated heterocycles. The van der Waals surface area contributed by atoms with Crippen molar-refractivity contribution in [2.24, 2.45) is 5.92 Å². The molecule has 2 aliphatic rings. The van der Waals surface area contributed by atoms with Crippen LogP contribution in [0.4, 0.5) is 0 Å². The van der Waals surface area contributed by atoms with Crippen LogP contribution in [0.25, 0.3) is 0 Å². The van der Waals surface area contributed by atoms with Crippen molar-refractivity contribution >= 4 is 5.91 Å². The summed E-state index contributed by atoms with van der Waals surface area (Å²) in [5.74, 6) is 0.902. The lowest BCUT2D eigenvalue weighted by molar-refractivity contribution is -0.140. The molecule has 2 rings (SSSR count). The van der Waals surface area contributed by atoms with Gasteiger partial charge in [-0.2, -0.15) is 0 Å². The molecular formula is C14H26N2O2. The number of piperidine rings is 2. The highest BCUT2D eigenvalue weighted by atomic mass is 16.5. The van der Waals surface area contributed by atoms with E-state index < -0.39 is 0 Å². The normalized spacial score (nSPS) is 30.4. The molecule has 2 fully saturated rings. The van der Waals surface area contributed by atoms with Gasteiger partial charge in [0.15, 0.2) is 0 Å². The number of amides is 1. The third kappa shape index (κ3) is 3.45. The Balaban J connectivity index is 1.84. The first-order valence-electron chi connectivity index (χ1n) is 7.17. The van der Waals surface area contributed by atoms with Crippen molar-refractivity contribution in [3.05, 3.63) is 0 Å². The Kier molecular flexibility index (Phi) is 4.62. The smallest absolute Gasteiger partial charge is 0.222 e. The minimum Gasteiger partial charge on any atom is -0.377 e. The van der Waals surface area contributed by atoms with E-state index >= 15 is 0 Å². The number of hydrogen-bond acceptors (Lipinski definition) is 3. The predicted octanol–water partition coefficient (Wildman–Crippen LogP) is 1.40. The molecular weight excluding hydrogens is 228 g/mol. The number of ether oxygens (including phenoxy) is 1. The Hall–Kier alpha value is -0.610. The molecule has 1 N–H and O–H groups in total. The van der Waals surface area contributed by atoms with Gasteiger partial charge in [0, 0.05) is 26.6 Å². The van der Waals surface area contributed by atoms with Crippen molar-refractivity contribution < 1.29 is 9.53 Å². The third-order valence-electron chi connectivity index (χ3n) is 4.43. The largest absolute Gasteiger partial charge is 0.377 e. The molecule has 4 heteroatoms. The molecule has 0 aliphatic carbocycles. The van der Waals surface area contributed by atoms with Gasteiger partial charge in [0.05, 0.1) is 5.60 Å². The summed E-state index contributed by atoms with van der Waals surface area (Å²) in [6.45, 7) is 5.90. The Morgan fingerprint density at radius 2 is 2.17 bits per heavy atom. The second-order valence-electron chi connectivity index (χ2n) is 5.97. The van der Waals surface area contributed by atoms with Crippen LogP contribution in [0.15, 0.2) is 0 Å². The van der Waals surface area contributed by atoms with Gasteiger partial charge in [0.2, 0.25) is 5.91 Å². The molecule has 2 heterocycles. The lowest BCUT2D eigenvalue weighted by Crippen LogP contribution is -2.50. The van der Waals surface area contributed by atoms with Gasteiger partial charge in [-0.3, -0.25) is 4.79 Å². The number of nitrogens with one attached hydrogen (secondary N) is 1. The maximum atomic E-state index is 12.3. The fraction of sp³-hybridized carbons (Fsp3) is 0.929. The maximum Gasteiger partial charge on any atom is 0.222 e. The second kappa shape index (κ2) is 6.02. The number of nitrogens with zero attached hydrogens (tertiary/aromatic N) is 1. The van der Waals surface area contributed by atoms with Gasteiger partial charge in [-0.1, -0.05) is 0 Å². The standard InChI is InChI=1S/C14H26N2O2/c1-14(18-2)6-3-9-16(11-14)13(17)10-12-4-7-15-8-5-12/h12,15H,3-11H2,1-2H3. The van der Waals surface area contributed by atoms with Crippen molar-refractivity contribution in [3.8, 4) is 0 Å². The summed E-state index contributed by atoms with van der Waals surface area (Å²) in [5, 5.41) is 3.34. The molecule has 2 aliphatic heterocycles. The van der Waals surface area contributed by atoms with E-state index in [1.807, 2.05) is 4.90 Å². The van der Waals surface area contributed by atoms with Gasteiger partial charge < -0.3 is 15.0 Å². The molecule has 0 radical (unpaired) electrons. The van der Waals surface area contributed by atoms with E-state index in [9.17, 15) is 4.79 Å². The summed E-state index contributed by atoms with van der Waals surface area (Å²) in [6.07, 6.45) is 5.12. The molecule has 0 spiro atoms. The zero-order valence-electron chi connectivity index (χ0n) is 11.7. The second-order valence-corrected chi connectivity index (χ2v) is 5.97. The fourth-order valence-electron chi connectivity index (χ4n) is 3.05. The molecule has 0 aromatic rings. The van der Waals surface area contributed by atoms with Crippen LogP contribution in [-0.2, 0) is 9.53 Å². The SMILES string of the molecule is COC1(C)CCCN(C(=O)CC2CCNCC2)C1. The van der Waals surface area contributed by atoms with Crippen LogP contribution in [-0.4, -0.2) is 49.7 Å². The molecule has 0 aromatic heterocycles. The summed E-state index contributed by atoms with van der Waals surface area (Å²) < 4.78 is 5.55. The molecule has 104 valence electrons. The molecule has 18 heavy (non-hydrogen) atoms. The van der Waals surface area contributed by atoms with Gasteiger partial charge in [-0.05, 0) is 51.6 Å². The number of methoxy groups -OCH3 is 1. The van der Waals surface area contributed by atoms with Gasteiger partial charge >= 0.3 is 0 Å². The van der Waals surface area contributed by atoms with E-state index in [0.717, 1.165) is 58.3 Å². The Bertz CT molecular complexity index is 290. The van der Waals surface area contributed by atoms with Crippen LogP contribution in [0.5, 0.6) is 0 Å². The average Bonchev–Trinajstić information content (AvgIpc) is 2.40. The molecule has 1 unspecified atom stereocenters. The predicted molar refractivity (Wildman–Crippen MR) is 71.4 cm³/mol. The summed E-state index contributed by atoms with van der Waals surface area (Å²) >= 11 is 0. The van der Waals surface area contributed by atoms with E-state index in [0.29, 0.717) is 11.8 Å². The Morgan fingerprint density at radius 3 is 2.83 bits per heavy atom. The van der Waals surface area contributed by atoms with Crippen LogP contribution in [0.1, 0.15) is 39.0 Å². The van der Waals surface area contributed by atoms with Gasteiger partial charge in [-0.15, -0.1) is 0 Å². The summed E-state index contributed by atoms with van der Waals surface area (Å²) in [5.41, 5.74) is -0.137. The minimum absolute atomic E-state index is 0.137. The highest BCUT2D eigenvalue weighted by Gasteiger charge is 2.33. The molecule has 0 saturated carbocycles. The summed E-state index contributed by atoms with van der Waals surface area (Å²) in [6, 6.07) is 0. The van der Waals surface area contributed by atoms with Crippen molar-refractivity contribution in [1.29, 1.82) is 0 Å². The minimum atomic E-state index is -0.137. The number of carbonyl (C=O) groups excluding carboxylic acids is 1. The van der Waals surface area contributed by atoms with Crippen molar-refractivity contribution in [2.45, 2.75) is 44.6 Å². The Morgan fingerprint density at radius 1 is 1.44 bits per heavy atom. The first kappa shape index (κ1) is 13.8. The fourth-order valence-corrected chi connectivity index (χ4v) is 3.05. The van der Waals surface area contributed by atoms with E-state index in [1.54, 1.807) is 7.11 Å². The number of rotatable bonds is 3. The van der Waals surface area contributed by atoms with Crippen LogP contribution >= 0.6 is 0 Å². The number of carbonyl (C=O) groups is 1. The molecule has 1 amide bonds. The van der Waals surface area contributed by atoms with Crippen LogP contribution in [0, 0.1) is 5.92 Å². The van der Waals surface area contributed by atoms with Crippen molar-refractivity contribution in [1.82, 2.24) is 10.2 Å². The average molecular weight is 254 g/mol. The Labute approximate surface area is 110 Å². The van der Waals surface area contributed by atoms with Gasteiger partial charge in [-0.25, -0.2) is 0 Å². The van der Waals surface area contributed by atoms with Crippen molar-refractivity contribution in [2.75, 3.05) is 33.3 Å². The number of hydrogen-bond donors (Lipinski definition) is 1. The van der Waals surface area contributed by atoms with Crippen molar-refractivity contribution in [3.63, 3.8) is 0 Å². The first-order valence-corrected chi connectivity index (χ1v) is 7.17. The van der Waals surface area contributed by atoms with Gasteiger partial charge in [0.1, 0.15) is 0 Å². The van der Waals surface area contributed by atoms with E-state index in [1.165, 1.54) is 0 Å². The molecule has 0 bridgehead atoms. The van der Waals surface area contributed by atoms with E-state index in [4.69, 9.17) is 4.74 Å². The number of likely N-dealkylation sites (tertiary alicyclic amines) is 1. The summed E-state index contributed by atoms with van der Waals surface area (Å²) in [7, 11) is 1.75. The lowest BCUT2D eigenvalue weighted by atomic mass is 9.91. The topological polar surface area (TPSA) is 41.6 Å². The zero-order chi connectivity index (χ0) is 13.0. The zero-order valence-corrected chi connectivity index (χ0v) is 11.7. The highest BCUT2D eigenvalue weighted by molar-refractivity contribution is 5.76. The maximum absolute atomic E-state index is 12.3. The van der Waals surface area contributed by atoms with Crippen LogP contribution in [0.2, 0.25) is 0 Å². The molecule has 4 nitrogen and oxygen atoms in total. The monoisotopic (exact) mass is 254 g/mol.